The molecular weight excluding hydrogens is 332 g/mol. The zero-order valence-corrected chi connectivity index (χ0v) is 15.7. The molecule has 2 amide bonds. The van der Waals surface area contributed by atoms with Gasteiger partial charge in [-0.15, -0.1) is 11.8 Å². The molecule has 2 rings (SSSR count). The van der Waals surface area contributed by atoms with Gasteiger partial charge in [0.15, 0.2) is 0 Å². The summed E-state index contributed by atoms with van der Waals surface area (Å²) in [6.07, 6.45) is 0. The van der Waals surface area contributed by atoms with Gasteiger partial charge in [-0.3, -0.25) is 9.59 Å². The Morgan fingerprint density at radius 3 is 2.36 bits per heavy atom. The van der Waals surface area contributed by atoms with E-state index in [-0.39, 0.29) is 22.8 Å². The maximum atomic E-state index is 12.4. The molecule has 0 aliphatic carbocycles. The molecule has 0 bridgehead atoms. The van der Waals surface area contributed by atoms with Gasteiger partial charge in [-0.1, -0.05) is 48.0 Å². The number of nitrogens with zero attached hydrogens (tertiary/aromatic N) is 1. The number of benzene rings is 2. The molecular formula is C20H24N2O2S. The normalized spacial score (nSPS) is 11.6. The van der Waals surface area contributed by atoms with Crippen LogP contribution in [0.1, 0.15) is 18.1 Å². The van der Waals surface area contributed by atoms with E-state index in [9.17, 15) is 9.59 Å². The first-order valence-corrected chi connectivity index (χ1v) is 9.27. The molecule has 0 fully saturated rings. The van der Waals surface area contributed by atoms with E-state index in [0.29, 0.717) is 6.54 Å². The molecule has 0 saturated heterocycles. The first kappa shape index (κ1) is 19.1. The molecule has 0 spiro atoms. The van der Waals surface area contributed by atoms with Gasteiger partial charge >= 0.3 is 0 Å². The summed E-state index contributed by atoms with van der Waals surface area (Å²) >= 11 is 1.35. The van der Waals surface area contributed by atoms with Crippen LogP contribution < -0.4 is 5.32 Å². The Labute approximate surface area is 153 Å². The van der Waals surface area contributed by atoms with Crippen LogP contribution in [0, 0.1) is 6.92 Å². The lowest BCUT2D eigenvalue weighted by molar-refractivity contribution is -0.129. The van der Waals surface area contributed by atoms with Crippen LogP contribution in [0.5, 0.6) is 0 Å². The van der Waals surface area contributed by atoms with E-state index in [1.54, 1.807) is 11.9 Å². The van der Waals surface area contributed by atoms with E-state index in [1.165, 1.54) is 11.8 Å². The second kappa shape index (κ2) is 9.28. The highest BCUT2D eigenvalue weighted by Gasteiger charge is 2.19. The summed E-state index contributed by atoms with van der Waals surface area (Å²) in [5, 5.41) is 2.58. The number of anilines is 1. The van der Waals surface area contributed by atoms with Crippen LogP contribution in [0.4, 0.5) is 5.69 Å². The molecule has 2 aromatic rings. The predicted octanol–water partition coefficient (Wildman–Crippen LogP) is 3.71. The summed E-state index contributed by atoms with van der Waals surface area (Å²) in [6.45, 7) is 4.41. The average Bonchev–Trinajstić information content (AvgIpc) is 2.61. The first-order chi connectivity index (χ1) is 12.0. The van der Waals surface area contributed by atoms with Gasteiger partial charge in [-0.25, -0.2) is 0 Å². The minimum absolute atomic E-state index is 0.0250. The number of hydrogen-bond donors (Lipinski definition) is 1. The number of rotatable bonds is 7. The van der Waals surface area contributed by atoms with Crippen molar-refractivity contribution >= 4 is 29.3 Å². The maximum absolute atomic E-state index is 12.4. The van der Waals surface area contributed by atoms with E-state index < -0.39 is 0 Å². The molecule has 0 aliphatic rings. The van der Waals surface area contributed by atoms with E-state index in [1.807, 2.05) is 68.4 Å². The van der Waals surface area contributed by atoms with Crippen molar-refractivity contribution in [1.29, 1.82) is 0 Å². The number of aryl methyl sites for hydroxylation is 1. The minimum Gasteiger partial charge on any atom is -0.340 e. The molecule has 132 valence electrons. The Bertz CT molecular complexity index is 701. The topological polar surface area (TPSA) is 49.4 Å². The molecule has 2 aromatic carbocycles. The third kappa shape index (κ3) is 6.27. The van der Waals surface area contributed by atoms with Crippen LogP contribution in [0.3, 0.4) is 0 Å². The Kier molecular flexibility index (Phi) is 7.07. The van der Waals surface area contributed by atoms with Gasteiger partial charge < -0.3 is 10.2 Å². The molecule has 1 N–H and O–H groups in total. The maximum Gasteiger partial charge on any atom is 0.235 e. The number of thioether (sulfide) groups is 1. The van der Waals surface area contributed by atoms with Gasteiger partial charge in [0.25, 0.3) is 0 Å². The quantitative estimate of drug-likeness (QED) is 0.823. The molecule has 4 nitrogen and oxygen atoms in total. The van der Waals surface area contributed by atoms with Gasteiger partial charge in [0, 0.05) is 19.3 Å². The molecule has 5 heteroatoms. The van der Waals surface area contributed by atoms with E-state index in [0.717, 1.165) is 16.8 Å². The van der Waals surface area contributed by atoms with E-state index in [4.69, 9.17) is 0 Å². The molecule has 1 atom stereocenters. The fraction of sp³-hybridized carbons (Fsp3) is 0.300. The van der Waals surface area contributed by atoms with Gasteiger partial charge in [-0.2, -0.15) is 0 Å². The zero-order chi connectivity index (χ0) is 18.2. The highest BCUT2D eigenvalue weighted by molar-refractivity contribution is 8.01. The predicted molar refractivity (Wildman–Crippen MR) is 105 cm³/mol. The average molecular weight is 356 g/mol. The Morgan fingerprint density at radius 2 is 1.72 bits per heavy atom. The van der Waals surface area contributed by atoms with E-state index >= 15 is 0 Å². The number of carbonyl (C=O) groups is 2. The molecule has 25 heavy (non-hydrogen) atoms. The van der Waals surface area contributed by atoms with Crippen molar-refractivity contribution in [3.8, 4) is 0 Å². The number of carbonyl (C=O) groups excluding carboxylic acids is 2. The van der Waals surface area contributed by atoms with Crippen molar-refractivity contribution in [3.63, 3.8) is 0 Å². The molecule has 0 saturated carbocycles. The van der Waals surface area contributed by atoms with Gasteiger partial charge in [-0.05, 0) is 31.5 Å². The molecule has 0 aliphatic heterocycles. The molecule has 1 unspecified atom stereocenters. The van der Waals surface area contributed by atoms with Crippen molar-refractivity contribution in [2.24, 2.45) is 0 Å². The molecule has 0 aromatic heterocycles. The van der Waals surface area contributed by atoms with Crippen LogP contribution in [0.15, 0.2) is 54.6 Å². The van der Waals surface area contributed by atoms with Crippen molar-refractivity contribution < 1.29 is 9.59 Å². The van der Waals surface area contributed by atoms with Crippen LogP contribution in [0.2, 0.25) is 0 Å². The smallest absolute Gasteiger partial charge is 0.235 e. The molecule has 0 radical (unpaired) electrons. The Morgan fingerprint density at radius 1 is 1.08 bits per heavy atom. The van der Waals surface area contributed by atoms with Gasteiger partial charge in [0.05, 0.1) is 11.0 Å². The highest BCUT2D eigenvalue weighted by Crippen LogP contribution is 2.16. The summed E-state index contributed by atoms with van der Waals surface area (Å²) in [5.74, 6) is 0.177. The third-order valence-corrected chi connectivity index (χ3v) is 4.92. The highest BCUT2D eigenvalue weighted by atomic mass is 32.2. The fourth-order valence-electron chi connectivity index (χ4n) is 2.35. The summed E-state index contributed by atoms with van der Waals surface area (Å²) < 4.78 is 0. The fourth-order valence-corrected chi connectivity index (χ4v) is 3.15. The van der Waals surface area contributed by atoms with Crippen molar-refractivity contribution in [2.75, 3.05) is 18.1 Å². The first-order valence-electron chi connectivity index (χ1n) is 8.22. The Hall–Kier alpha value is -2.27. The lowest BCUT2D eigenvalue weighted by Crippen LogP contribution is -2.33. The van der Waals surface area contributed by atoms with Crippen LogP contribution in [-0.2, 0) is 16.1 Å². The second-order valence-electron chi connectivity index (χ2n) is 6.05. The second-order valence-corrected chi connectivity index (χ2v) is 7.38. The number of hydrogen-bond acceptors (Lipinski definition) is 3. The Balaban J connectivity index is 1.78. The summed E-state index contributed by atoms with van der Waals surface area (Å²) in [5.41, 5.74) is 3.01. The van der Waals surface area contributed by atoms with Crippen molar-refractivity contribution in [2.45, 2.75) is 25.6 Å². The van der Waals surface area contributed by atoms with Crippen LogP contribution in [0.25, 0.3) is 0 Å². The van der Waals surface area contributed by atoms with E-state index in [2.05, 4.69) is 5.32 Å². The van der Waals surface area contributed by atoms with Crippen molar-refractivity contribution in [3.05, 3.63) is 65.7 Å². The number of amides is 2. The largest absolute Gasteiger partial charge is 0.340 e. The lowest BCUT2D eigenvalue weighted by atomic mass is 10.2. The standard InChI is InChI=1S/C20H24N2O2S/c1-15-9-11-18(12-10-15)21-19(23)14-25-16(2)20(24)22(3)13-17-7-5-4-6-8-17/h4-12,16H,13-14H2,1-3H3,(H,21,23). The molecule has 0 heterocycles. The lowest BCUT2D eigenvalue weighted by Gasteiger charge is -2.21. The summed E-state index contributed by atoms with van der Waals surface area (Å²) in [4.78, 5) is 26.2. The monoisotopic (exact) mass is 356 g/mol. The van der Waals surface area contributed by atoms with Crippen LogP contribution in [-0.4, -0.2) is 34.8 Å². The van der Waals surface area contributed by atoms with Gasteiger partial charge in [0.2, 0.25) is 11.8 Å². The third-order valence-electron chi connectivity index (χ3n) is 3.79. The van der Waals surface area contributed by atoms with Gasteiger partial charge in [0.1, 0.15) is 0 Å². The minimum atomic E-state index is -0.266. The van der Waals surface area contributed by atoms with Crippen molar-refractivity contribution in [1.82, 2.24) is 4.90 Å². The number of nitrogens with one attached hydrogen (secondary N) is 1. The zero-order valence-electron chi connectivity index (χ0n) is 14.9. The summed E-state index contributed by atoms with van der Waals surface area (Å²) in [7, 11) is 1.79. The SMILES string of the molecule is Cc1ccc(NC(=O)CSC(C)C(=O)N(C)Cc2ccccc2)cc1. The summed E-state index contributed by atoms with van der Waals surface area (Å²) in [6, 6.07) is 17.5. The van der Waals surface area contributed by atoms with Crippen LogP contribution >= 0.6 is 11.8 Å².